The molecule has 1 heterocycles. The van der Waals surface area contributed by atoms with Crippen LogP contribution >= 0.6 is 0 Å². The normalized spacial score (nSPS) is 31.3. The molecule has 0 saturated carbocycles. The summed E-state index contributed by atoms with van der Waals surface area (Å²) in [5.41, 5.74) is 4.66. The number of carbonyl (C=O) groups is 1. The van der Waals surface area contributed by atoms with Crippen molar-refractivity contribution < 1.29 is 22.0 Å². The summed E-state index contributed by atoms with van der Waals surface area (Å²) >= 11 is 0. The molecule has 1 amide bonds. The fraction of sp³-hybridized carbons (Fsp3) is 0.800. The zero-order valence-electron chi connectivity index (χ0n) is 9.59. The molecule has 88 valence electrons. The first-order valence-electron chi connectivity index (χ1n) is 4.68. The summed E-state index contributed by atoms with van der Waals surface area (Å²) in [6.45, 7) is 1.60. The Bertz CT molecular complexity index is 420. The van der Waals surface area contributed by atoms with Crippen LogP contribution in [0.1, 0.15) is 6.92 Å². The first-order chi connectivity index (χ1) is 6.91. The molecule has 1 rings (SSSR count). The minimum Gasteiger partial charge on any atom is -0.318 e. The summed E-state index contributed by atoms with van der Waals surface area (Å²) in [4.78, 5) is 11.4. The second kappa shape index (κ2) is 3.49. The highest BCUT2D eigenvalue weighted by Crippen LogP contribution is 2.44. The van der Waals surface area contributed by atoms with Gasteiger partial charge < -0.3 is 5.73 Å². The van der Waals surface area contributed by atoms with Crippen molar-refractivity contribution in [1.29, 1.82) is 0 Å². The van der Waals surface area contributed by atoms with Crippen molar-refractivity contribution in [2.45, 2.75) is 23.6 Å². The summed E-state index contributed by atoms with van der Waals surface area (Å²) in [7, 11) is 0.652. The van der Waals surface area contributed by atoms with E-state index in [0.717, 1.165) is 0 Å². The number of hydroxylamine groups is 2. The average molecular weight is 246 g/mol. The van der Waals surface area contributed by atoms with Crippen molar-refractivity contribution in [3.8, 4) is 0 Å². The summed E-state index contributed by atoms with van der Waals surface area (Å²) < 4.78 is 34.0. The maximum Gasteiger partial charge on any atom is 0.418 e. The van der Waals surface area contributed by atoms with Gasteiger partial charge in [0.25, 0.3) is 5.91 Å². The Morgan fingerprint density at radius 2 is 2.00 bits per heavy atom. The van der Waals surface area contributed by atoms with Crippen LogP contribution in [0.3, 0.4) is 0 Å². The predicted octanol–water partition coefficient (Wildman–Crippen LogP) is -4.38. The smallest absolute Gasteiger partial charge is 0.318 e. The number of rotatable bonds is 3. The van der Waals surface area contributed by atoms with Gasteiger partial charge in [0.2, 0.25) is 0 Å². The highest BCUT2D eigenvalue weighted by atomic mass is 32.3. The van der Waals surface area contributed by atoms with Crippen LogP contribution in [-0.4, -0.2) is 59.1 Å². The van der Waals surface area contributed by atoms with Crippen LogP contribution in [0.15, 0.2) is 0 Å². The Kier molecular flexibility index (Phi) is 2.96. The van der Waals surface area contributed by atoms with Crippen molar-refractivity contribution >= 4 is 39.8 Å². The van der Waals surface area contributed by atoms with E-state index in [1.54, 1.807) is 30.5 Å². The lowest BCUT2D eigenvalue weighted by Crippen LogP contribution is -2.80. The molecular weight excluding hydrogens is 233 g/mol. The molecule has 1 saturated heterocycles. The molecule has 0 spiro atoms. The maximum absolute atomic E-state index is 11.4. The fourth-order valence-corrected chi connectivity index (χ4v) is 2.05. The molecule has 0 aromatic carbocycles. The van der Waals surface area contributed by atoms with E-state index in [9.17, 15) is 13.2 Å². The Hall–Kier alpha value is -0.505. The zero-order valence-corrected chi connectivity index (χ0v) is 10.4. The van der Waals surface area contributed by atoms with Gasteiger partial charge in [0.15, 0.2) is 0 Å². The lowest BCUT2D eigenvalue weighted by atomic mass is 9.33. The first-order valence-corrected chi connectivity index (χ1v) is 6.04. The maximum atomic E-state index is 11.4. The minimum atomic E-state index is -4.72. The molecule has 0 aliphatic carbocycles. The van der Waals surface area contributed by atoms with Crippen LogP contribution in [0, 0.1) is 0 Å². The van der Waals surface area contributed by atoms with Crippen molar-refractivity contribution in [3.63, 3.8) is 0 Å². The van der Waals surface area contributed by atoms with E-state index in [1.165, 1.54) is 0 Å². The van der Waals surface area contributed by atoms with Crippen molar-refractivity contribution in [1.82, 2.24) is 5.06 Å². The van der Waals surface area contributed by atoms with Crippen LogP contribution < -0.4 is 5.73 Å². The minimum absolute atomic E-state index is 0.495. The molecule has 7 nitrogen and oxygen atoms in total. The number of nitrogens with two attached hydrogens (primary N) is 1. The molecule has 0 aromatic heterocycles. The average Bonchev–Trinajstić information content (AvgIpc) is 2.08. The third-order valence-electron chi connectivity index (χ3n) is 3.18. The summed E-state index contributed by atoms with van der Waals surface area (Å²) in [6, 6.07) is -0.853. The van der Waals surface area contributed by atoms with Gasteiger partial charge in [-0.25, -0.2) is 0 Å². The van der Waals surface area contributed by atoms with Crippen LogP contribution in [-0.2, 0) is 19.5 Å². The molecule has 0 aromatic rings. The van der Waals surface area contributed by atoms with E-state index in [1.807, 2.05) is 0 Å². The molecular formula is C5H13B3N2O5S. The second-order valence-corrected chi connectivity index (χ2v) is 6.01. The summed E-state index contributed by atoms with van der Waals surface area (Å²) in [5.74, 6) is -0.671. The van der Waals surface area contributed by atoms with Gasteiger partial charge in [-0.05, 0) is 6.92 Å². The van der Waals surface area contributed by atoms with Crippen molar-refractivity contribution in [2.75, 3.05) is 0 Å². The van der Waals surface area contributed by atoms with E-state index in [-0.39, 0.29) is 0 Å². The molecule has 0 unspecified atom stereocenters. The third-order valence-corrected chi connectivity index (χ3v) is 3.52. The Morgan fingerprint density at radius 1 is 1.56 bits per heavy atom. The second-order valence-electron chi connectivity index (χ2n) is 5.01. The number of carbonyl (C=O) groups excluding carboxylic acids is 1. The van der Waals surface area contributed by atoms with Gasteiger partial charge in [0.05, 0.1) is 29.1 Å². The van der Waals surface area contributed by atoms with Gasteiger partial charge in [0, 0.05) is 0 Å². The highest BCUT2D eigenvalue weighted by Gasteiger charge is 2.63. The van der Waals surface area contributed by atoms with E-state index >= 15 is 0 Å². The van der Waals surface area contributed by atoms with Crippen LogP contribution in [0.2, 0.25) is 5.11 Å². The summed E-state index contributed by atoms with van der Waals surface area (Å²) in [6.07, 6.45) is 0. The van der Waals surface area contributed by atoms with E-state index < -0.39 is 33.0 Å². The molecule has 1 aliphatic heterocycles. The van der Waals surface area contributed by atoms with E-state index in [4.69, 9.17) is 10.3 Å². The lowest BCUT2D eigenvalue weighted by molar-refractivity contribution is -0.218. The molecule has 16 heavy (non-hydrogen) atoms. The molecule has 0 bridgehead atoms. The van der Waals surface area contributed by atoms with Gasteiger partial charge >= 0.3 is 10.4 Å². The van der Waals surface area contributed by atoms with E-state index in [0.29, 0.717) is 5.06 Å². The quantitative estimate of drug-likeness (QED) is 0.295. The number of nitrogens with zero attached hydrogens (tertiary/aromatic N) is 1. The number of amides is 1. The highest BCUT2D eigenvalue weighted by molar-refractivity contribution is 7.80. The van der Waals surface area contributed by atoms with Crippen LogP contribution in [0.5, 0.6) is 0 Å². The van der Waals surface area contributed by atoms with Gasteiger partial charge in [-0.15, -0.1) is 4.28 Å². The van der Waals surface area contributed by atoms with Gasteiger partial charge in [-0.2, -0.15) is 13.5 Å². The SMILES string of the molecule is BC(B)(B)[C@]1(C)[C@H](N)C(=O)N1OS(=O)(=O)O. The predicted molar refractivity (Wildman–Crippen MR) is 64.2 cm³/mol. The molecule has 0 radical (unpaired) electrons. The Morgan fingerprint density at radius 3 is 2.31 bits per heavy atom. The Balaban J connectivity index is 3.06. The monoisotopic (exact) mass is 246 g/mol. The molecule has 2 atom stereocenters. The largest absolute Gasteiger partial charge is 0.418 e. The molecule has 1 aliphatic rings. The number of β-lactam (4-membered cyclic amide) rings is 1. The van der Waals surface area contributed by atoms with Gasteiger partial charge in [-0.3, -0.25) is 9.35 Å². The summed E-state index contributed by atoms with van der Waals surface area (Å²) in [5, 5.41) is 0.123. The lowest BCUT2D eigenvalue weighted by Gasteiger charge is -2.58. The molecule has 3 N–H and O–H groups in total. The third kappa shape index (κ3) is 1.88. The van der Waals surface area contributed by atoms with Gasteiger partial charge in [-0.1, -0.05) is 5.11 Å². The standard InChI is InChI=1S/C5H13B3N2O5S/c1-4(5(6,7)8)2(9)3(11)10(4)15-16(12,13)14/h2H,6-9H2,1H3,(H,12,13,14)/t2-,4+/m1/s1. The van der Waals surface area contributed by atoms with Gasteiger partial charge in [0.1, 0.15) is 6.04 Å². The topological polar surface area (TPSA) is 110 Å². The molecule has 1 fully saturated rings. The van der Waals surface area contributed by atoms with Crippen molar-refractivity contribution in [2.24, 2.45) is 5.73 Å². The van der Waals surface area contributed by atoms with E-state index in [2.05, 4.69) is 4.28 Å². The van der Waals surface area contributed by atoms with Crippen molar-refractivity contribution in [3.05, 3.63) is 0 Å². The fourth-order valence-electron chi connectivity index (χ4n) is 1.64. The molecule has 11 heteroatoms. The number of hydrogen-bond acceptors (Lipinski definition) is 5. The Labute approximate surface area is 96.8 Å². The first kappa shape index (κ1) is 13.6. The van der Waals surface area contributed by atoms with Crippen LogP contribution in [0.4, 0.5) is 0 Å². The van der Waals surface area contributed by atoms with Crippen LogP contribution in [0.25, 0.3) is 0 Å². The number of hydrogen-bond donors (Lipinski definition) is 2. The zero-order chi connectivity index (χ0) is 12.9.